The number of aromatic amines is 1. The third kappa shape index (κ3) is 1.35. The summed E-state index contributed by atoms with van der Waals surface area (Å²) in [6.45, 7) is 0. The number of benzene rings is 1. The summed E-state index contributed by atoms with van der Waals surface area (Å²) in [7, 11) is 1.39. The number of hydrogen-bond acceptors (Lipinski definition) is 2. The van der Waals surface area contributed by atoms with Crippen LogP contribution in [0.5, 0.6) is 5.75 Å². The van der Waals surface area contributed by atoms with Gasteiger partial charge in [0.1, 0.15) is 0 Å². The molecule has 1 aromatic heterocycles. The Bertz CT molecular complexity index is 533. The molecule has 0 atom stereocenters. The second-order valence-electron chi connectivity index (χ2n) is 2.91. The molecular formula is C10H8FNO2. The number of pyridine rings is 1. The smallest absolute Gasteiger partial charge is 0.248 e. The Hall–Kier alpha value is -1.84. The molecule has 0 aliphatic rings. The molecule has 1 N–H and O–H groups in total. The summed E-state index contributed by atoms with van der Waals surface area (Å²) < 4.78 is 18.0. The second kappa shape index (κ2) is 3.14. The van der Waals surface area contributed by atoms with Gasteiger partial charge in [-0.05, 0) is 17.5 Å². The van der Waals surface area contributed by atoms with Crippen LogP contribution in [0.2, 0.25) is 0 Å². The van der Waals surface area contributed by atoms with E-state index in [1.54, 1.807) is 0 Å². The molecule has 0 saturated heterocycles. The molecule has 1 heterocycles. The molecule has 2 aromatic rings. The van der Waals surface area contributed by atoms with Crippen molar-refractivity contribution in [2.45, 2.75) is 0 Å². The quantitative estimate of drug-likeness (QED) is 0.748. The van der Waals surface area contributed by atoms with Crippen molar-refractivity contribution >= 4 is 10.8 Å². The second-order valence-corrected chi connectivity index (χ2v) is 2.91. The molecule has 72 valence electrons. The molecule has 0 aliphatic heterocycles. The van der Waals surface area contributed by atoms with E-state index < -0.39 is 5.82 Å². The highest BCUT2D eigenvalue weighted by Crippen LogP contribution is 2.22. The molecule has 2 rings (SSSR count). The van der Waals surface area contributed by atoms with Gasteiger partial charge in [-0.1, -0.05) is 0 Å². The van der Waals surface area contributed by atoms with Crippen LogP contribution in [0.1, 0.15) is 0 Å². The van der Waals surface area contributed by atoms with Gasteiger partial charge in [-0.2, -0.15) is 0 Å². The molecule has 14 heavy (non-hydrogen) atoms. The van der Waals surface area contributed by atoms with Gasteiger partial charge >= 0.3 is 0 Å². The Kier molecular flexibility index (Phi) is 1.96. The molecule has 0 bridgehead atoms. The predicted molar refractivity (Wildman–Crippen MR) is 51.1 cm³/mol. The van der Waals surface area contributed by atoms with Crippen molar-refractivity contribution in [1.82, 2.24) is 4.98 Å². The maximum Gasteiger partial charge on any atom is 0.248 e. The van der Waals surface area contributed by atoms with Crippen molar-refractivity contribution in [3.63, 3.8) is 0 Å². The topological polar surface area (TPSA) is 42.1 Å². The van der Waals surface area contributed by atoms with Crippen LogP contribution in [0.25, 0.3) is 10.8 Å². The standard InChI is InChI=1S/C10H8FNO2/c1-14-9-3-6-4-10(13)12-5-7(6)2-8(9)11/h2-5H,1H3,(H,12,13). The van der Waals surface area contributed by atoms with Gasteiger partial charge in [-0.15, -0.1) is 0 Å². The minimum atomic E-state index is -0.438. The summed E-state index contributed by atoms with van der Waals surface area (Å²) in [6, 6.07) is 4.22. The first kappa shape index (κ1) is 8.74. The maximum absolute atomic E-state index is 13.2. The van der Waals surface area contributed by atoms with Crippen LogP contribution in [0.15, 0.2) is 29.2 Å². The highest BCUT2D eigenvalue weighted by atomic mass is 19.1. The van der Waals surface area contributed by atoms with Gasteiger partial charge in [0.05, 0.1) is 7.11 Å². The van der Waals surface area contributed by atoms with Crippen LogP contribution in [-0.4, -0.2) is 12.1 Å². The van der Waals surface area contributed by atoms with Crippen molar-refractivity contribution in [2.75, 3.05) is 7.11 Å². The summed E-state index contributed by atoms with van der Waals surface area (Å²) in [5.74, 6) is -0.296. The van der Waals surface area contributed by atoms with Gasteiger partial charge in [0.2, 0.25) is 5.56 Å². The number of aromatic nitrogens is 1. The first-order valence-electron chi connectivity index (χ1n) is 4.06. The summed E-state index contributed by atoms with van der Waals surface area (Å²) in [6.07, 6.45) is 1.47. The van der Waals surface area contributed by atoms with Gasteiger partial charge < -0.3 is 9.72 Å². The van der Waals surface area contributed by atoms with E-state index in [2.05, 4.69) is 4.98 Å². The zero-order valence-corrected chi connectivity index (χ0v) is 7.50. The van der Waals surface area contributed by atoms with Gasteiger partial charge in [-0.3, -0.25) is 4.79 Å². The average molecular weight is 193 g/mol. The fourth-order valence-corrected chi connectivity index (χ4v) is 1.32. The Morgan fingerprint density at radius 2 is 2.07 bits per heavy atom. The SMILES string of the molecule is COc1cc2cc(=O)[nH]cc2cc1F. The van der Waals surface area contributed by atoms with Gasteiger partial charge in [0, 0.05) is 17.6 Å². The Labute approximate surface area is 79.1 Å². The molecule has 1 aromatic carbocycles. The van der Waals surface area contributed by atoms with Crippen LogP contribution >= 0.6 is 0 Å². The largest absolute Gasteiger partial charge is 0.494 e. The number of hydrogen-bond donors (Lipinski definition) is 1. The lowest BCUT2D eigenvalue weighted by atomic mass is 10.1. The molecule has 0 saturated carbocycles. The fraction of sp³-hybridized carbons (Fsp3) is 0.100. The molecule has 0 spiro atoms. The van der Waals surface area contributed by atoms with Crippen LogP contribution in [-0.2, 0) is 0 Å². The molecule has 0 fully saturated rings. The minimum absolute atomic E-state index is 0.142. The molecule has 0 amide bonds. The summed E-state index contributed by atoms with van der Waals surface area (Å²) >= 11 is 0. The number of nitrogens with one attached hydrogen (secondary N) is 1. The van der Waals surface area contributed by atoms with E-state index >= 15 is 0 Å². The van der Waals surface area contributed by atoms with E-state index in [1.165, 1.54) is 31.5 Å². The predicted octanol–water partition coefficient (Wildman–Crippen LogP) is 1.68. The number of fused-ring (bicyclic) bond motifs is 1. The lowest BCUT2D eigenvalue weighted by molar-refractivity contribution is 0.387. The summed E-state index contributed by atoms with van der Waals surface area (Å²) in [4.78, 5) is 13.5. The zero-order chi connectivity index (χ0) is 10.1. The third-order valence-corrected chi connectivity index (χ3v) is 2.01. The van der Waals surface area contributed by atoms with Crippen LogP contribution < -0.4 is 10.3 Å². The molecule has 3 nitrogen and oxygen atoms in total. The fourth-order valence-electron chi connectivity index (χ4n) is 1.32. The first-order chi connectivity index (χ1) is 6.70. The summed E-state index contributed by atoms with van der Waals surface area (Å²) in [5.41, 5.74) is -0.217. The lowest BCUT2D eigenvalue weighted by Crippen LogP contribution is -2.02. The van der Waals surface area contributed by atoms with Crippen LogP contribution in [0.4, 0.5) is 4.39 Å². The van der Waals surface area contributed by atoms with E-state index in [9.17, 15) is 9.18 Å². The monoisotopic (exact) mass is 193 g/mol. The Balaban J connectivity index is 2.80. The van der Waals surface area contributed by atoms with E-state index in [1.807, 2.05) is 0 Å². The van der Waals surface area contributed by atoms with Crippen molar-refractivity contribution in [1.29, 1.82) is 0 Å². The molecule has 0 unspecified atom stereocenters. The van der Waals surface area contributed by atoms with Crippen molar-refractivity contribution < 1.29 is 9.13 Å². The van der Waals surface area contributed by atoms with Gasteiger partial charge in [-0.25, -0.2) is 4.39 Å². The Morgan fingerprint density at radius 3 is 2.79 bits per heavy atom. The number of halogens is 1. The van der Waals surface area contributed by atoms with E-state index in [4.69, 9.17) is 4.74 Å². The number of rotatable bonds is 1. The molecule has 0 aliphatic carbocycles. The zero-order valence-electron chi connectivity index (χ0n) is 7.50. The van der Waals surface area contributed by atoms with Crippen molar-refractivity contribution in [3.05, 3.63) is 40.6 Å². The first-order valence-corrected chi connectivity index (χ1v) is 4.06. The normalized spacial score (nSPS) is 10.4. The van der Waals surface area contributed by atoms with E-state index in [0.29, 0.717) is 10.8 Å². The third-order valence-electron chi connectivity index (χ3n) is 2.01. The lowest BCUT2D eigenvalue weighted by Gasteiger charge is -2.03. The maximum atomic E-state index is 13.2. The van der Waals surface area contributed by atoms with E-state index in [0.717, 1.165) is 0 Å². The van der Waals surface area contributed by atoms with Gasteiger partial charge in [0.15, 0.2) is 11.6 Å². The minimum Gasteiger partial charge on any atom is -0.494 e. The van der Waals surface area contributed by atoms with Gasteiger partial charge in [0.25, 0.3) is 0 Å². The number of methoxy groups -OCH3 is 1. The number of ether oxygens (including phenoxy) is 1. The van der Waals surface area contributed by atoms with Crippen LogP contribution in [0.3, 0.4) is 0 Å². The van der Waals surface area contributed by atoms with E-state index in [-0.39, 0.29) is 11.3 Å². The Morgan fingerprint density at radius 1 is 1.29 bits per heavy atom. The van der Waals surface area contributed by atoms with Crippen molar-refractivity contribution in [2.24, 2.45) is 0 Å². The molecule has 4 heteroatoms. The molecular weight excluding hydrogens is 185 g/mol. The highest BCUT2D eigenvalue weighted by Gasteiger charge is 2.04. The highest BCUT2D eigenvalue weighted by molar-refractivity contribution is 5.82. The molecule has 0 radical (unpaired) electrons. The average Bonchev–Trinajstić information content (AvgIpc) is 2.17. The van der Waals surface area contributed by atoms with Crippen LogP contribution in [0, 0.1) is 5.82 Å². The number of H-pyrrole nitrogens is 1. The summed E-state index contributed by atoms with van der Waals surface area (Å²) in [5, 5.41) is 1.30. The van der Waals surface area contributed by atoms with Crippen molar-refractivity contribution in [3.8, 4) is 5.75 Å².